The average Bonchev–Trinajstić information content (AvgIpc) is 2.67. The molecule has 0 saturated heterocycles. The second-order valence-electron chi connectivity index (χ2n) is 5.68. The minimum atomic E-state index is -0.504. The molecule has 0 aliphatic rings. The number of nitrogens with zero attached hydrogens (tertiary/aromatic N) is 2. The van der Waals surface area contributed by atoms with Crippen molar-refractivity contribution < 1.29 is 9.53 Å². The van der Waals surface area contributed by atoms with Crippen LogP contribution in [0.25, 0.3) is 11.0 Å². The molecule has 2 aromatic heterocycles. The van der Waals surface area contributed by atoms with Crippen molar-refractivity contribution >= 4 is 17.1 Å². The summed E-state index contributed by atoms with van der Waals surface area (Å²) in [5.41, 5.74) is 3.30. The fourth-order valence-electron chi connectivity index (χ4n) is 2.08. The number of carbonyl (C=O) groups is 1. The summed E-state index contributed by atoms with van der Waals surface area (Å²) in [7, 11) is 0. The average molecular weight is 260 g/mol. The Morgan fingerprint density at radius 2 is 2.11 bits per heavy atom. The summed E-state index contributed by atoms with van der Waals surface area (Å²) >= 11 is 0. The fourth-order valence-corrected chi connectivity index (χ4v) is 2.08. The number of rotatable bonds is 1. The van der Waals surface area contributed by atoms with E-state index in [2.05, 4.69) is 11.9 Å². The molecule has 2 rings (SSSR count). The van der Waals surface area contributed by atoms with E-state index in [1.165, 1.54) is 0 Å². The molecule has 0 spiro atoms. The molecule has 0 saturated carbocycles. The zero-order chi connectivity index (χ0) is 14.2. The van der Waals surface area contributed by atoms with E-state index in [4.69, 9.17) is 4.74 Å². The van der Waals surface area contributed by atoms with Crippen LogP contribution < -0.4 is 0 Å². The zero-order valence-corrected chi connectivity index (χ0v) is 12.2. The molecular weight excluding hydrogens is 240 g/mol. The van der Waals surface area contributed by atoms with Crippen LogP contribution in [0.4, 0.5) is 4.79 Å². The predicted octanol–water partition coefficient (Wildman–Crippen LogP) is 3.69. The molecule has 0 N–H and O–H groups in total. The van der Waals surface area contributed by atoms with Crippen LogP contribution in [0.3, 0.4) is 0 Å². The maximum absolute atomic E-state index is 12.3. The van der Waals surface area contributed by atoms with Gasteiger partial charge in [-0.1, -0.05) is 6.92 Å². The molecule has 4 heteroatoms. The van der Waals surface area contributed by atoms with Gasteiger partial charge in [0.1, 0.15) is 5.60 Å². The minimum absolute atomic E-state index is 0.353. The number of carbonyl (C=O) groups excluding carboxylic acids is 1. The van der Waals surface area contributed by atoms with Gasteiger partial charge in [0.2, 0.25) is 0 Å². The quantitative estimate of drug-likeness (QED) is 0.785. The Balaban J connectivity index is 2.58. The third-order valence-corrected chi connectivity index (χ3v) is 2.93. The van der Waals surface area contributed by atoms with Gasteiger partial charge in [-0.15, -0.1) is 0 Å². The summed E-state index contributed by atoms with van der Waals surface area (Å²) in [6, 6.07) is 1.91. The predicted molar refractivity (Wildman–Crippen MR) is 75.5 cm³/mol. The Bertz CT molecular complexity index is 621. The van der Waals surface area contributed by atoms with Gasteiger partial charge in [0.05, 0.1) is 11.0 Å². The first-order chi connectivity index (χ1) is 8.83. The van der Waals surface area contributed by atoms with Gasteiger partial charge in [-0.05, 0) is 51.3 Å². The molecule has 4 nitrogen and oxygen atoms in total. The molecule has 2 aromatic rings. The minimum Gasteiger partial charge on any atom is -0.443 e. The molecule has 2 heterocycles. The molecule has 19 heavy (non-hydrogen) atoms. The van der Waals surface area contributed by atoms with Gasteiger partial charge in [-0.3, -0.25) is 9.55 Å². The number of aryl methyl sites for hydroxylation is 2. The zero-order valence-electron chi connectivity index (χ0n) is 12.2. The van der Waals surface area contributed by atoms with Crippen LogP contribution >= 0.6 is 0 Å². The van der Waals surface area contributed by atoms with E-state index in [9.17, 15) is 4.79 Å². The highest BCUT2D eigenvalue weighted by Crippen LogP contribution is 2.24. The van der Waals surface area contributed by atoms with E-state index in [1.807, 2.05) is 40.0 Å². The number of aromatic nitrogens is 2. The SMILES string of the molecule is CCc1cn(C(=O)OC(C)(C)C)c2c(C)ccnc12. The van der Waals surface area contributed by atoms with Crippen molar-refractivity contribution in [2.75, 3.05) is 0 Å². The lowest BCUT2D eigenvalue weighted by molar-refractivity contribution is 0.0544. The Morgan fingerprint density at radius 3 is 2.68 bits per heavy atom. The van der Waals surface area contributed by atoms with Crippen molar-refractivity contribution in [3.63, 3.8) is 0 Å². The largest absolute Gasteiger partial charge is 0.443 e. The van der Waals surface area contributed by atoms with E-state index in [-0.39, 0.29) is 6.09 Å². The van der Waals surface area contributed by atoms with Crippen LogP contribution in [0.15, 0.2) is 18.5 Å². The molecule has 0 aliphatic heterocycles. The molecule has 0 aromatic carbocycles. The van der Waals surface area contributed by atoms with E-state index in [0.717, 1.165) is 28.6 Å². The number of pyridine rings is 1. The van der Waals surface area contributed by atoms with Gasteiger partial charge >= 0.3 is 6.09 Å². The standard InChI is InChI=1S/C15H20N2O2/c1-6-11-9-17(14(18)19-15(3,4)5)13-10(2)7-8-16-12(11)13/h7-9H,6H2,1-5H3. The Hall–Kier alpha value is -1.84. The van der Waals surface area contributed by atoms with E-state index < -0.39 is 5.60 Å². The molecule has 0 bridgehead atoms. The van der Waals surface area contributed by atoms with E-state index in [0.29, 0.717) is 0 Å². The van der Waals surface area contributed by atoms with Crippen molar-refractivity contribution in [3.8, 4) is 0 Å². The van der Waals surface area contributed by atoms with Gasteiger partial charge in [0.15, 0.2) is 0 Å². The molecule has 0 atom stereocenters. The summed E-state index contributed by atoms with van der Waals surface area (Å²) in [5.74, 6) is 0. The smallest absolute Gasteiger partial charge is 0.419 e. The molecule has 0 amide bonds. The summed E-state index contributed by atoms with van der Waals surface area (Å²) < 4.78 is 7.01. The second-order valence-corrected chi connectivity index (χ2v) is 5.68. The van der Waals surface area contributed by atoms with E-state index >= 15 is 0 Å². The van der Waals surface area contributed by atoms with Crippen LogP contribution in [-0.4, -0.2) is 21.2 Å². The summed E-state index contributed by atoms with van der Waals surface area (Å²) in [5, 5.41) is 0. The molecule has 102 valence electrons. The lowest BCUT2D eigenvalue weighted by atomic mass is 10.2. The van der Waals surface area contributed by atoms with Gasteiger partial charge < -0.3 is 4.74 Å². The Labute approximate surface area is 113 Å². The van der Waals surface area contributed by atoms with Crippen molar-refractivity contribution in [1.29, 1.82) is 0 Å². The molecular formula is C15H20N2O2. The first kappa shape index (κ1) is 13.6. The van der Waals surface area contributed by atoms with Crippen molar-refractivity contribution in [3.05, 3.63) is 29.6 Å². The lowest BCUT2D eigenvalue weighted by Gasteiger charge is -2.20. The van der Waals surface area contributed by atoms with E-state index in [1.54, 1.807) is 10.8 Å². The third-order valence-electron chi connectivity index (χ3n) is 2.93. The van der Waals surface area contributed by atoms with Crippen molar-refractivity contribution in [1.82, 2.24) is 9.55 Å². The summed E-state index contributed by atoms with van der Waals surface area (Å²) in [6.45, 7) is 9.62. The molecule has 0 fully saturated rings. The number of hydrogen-bond donors (Lipinski definition) is 0. The first-order valence-corrected chi connectivity index (χ1v) is 6.52. The maximum atomic E-state index is 12.3. The lowest BCUT2D eigenvalue weighted by Crippen LogP contribution is -2.26. The number of hydrogen-bond acceptors (Lipinski definition) is 3. The van der Waals surface area contributed by atoms with Gasteiger partial charge in [0, 0.05) is 12.4 Å². The van der Waals surface area contributed by atoms with Gasteiger partial charge in [0.25, 0.3) is 0 Å². The number of fused-ring (bicyclic) bond motifs is 1. The van der Waals surface area contributed by atoms with Crippen molar-refractivity contribution in [2.45, 2.75) is 46.6 Å². The Morgan fingerprint density at radius 1 is 1.42 bits per heavy atom. The van der Waals surface area contributed by atoms with Crippen LogP contribution in [-0.2, 0) is 11.2 Å². The topological polar surface area (TPSA) is 44.1 Å². The molecule has 0 unspecified atom stereocenters. The fraction of sp³-hybridized carbons (Fsp3) is 0.467. The third kappa shape index (κ3) is 2.62. The molecule has 0 radical (unpaired) electrons. The summed E-state index contributed by atoms with van der Waals surface area (Å²) in [6.07, 6.45) is 4.09. The number of ether oxygens (including phenoxy) is 1. The second kappa shape index (κ2) is 4.68. The summed E-state index contributed by atoms with van der Waals surface area (Å²) in [4.78, 5) is 16.7. The van der Waals surface area contributed by atoms with Gasteiger partial charge in [-0.25, -0.2) is 4.79 Å². The first-order valence-electron chi connectivity index (χ1n) is 6.52. The Kier molecular flexibility index (Phi) is 3.35. The van der Waals surface area contributed by atoms with Crippen LogP contribution in [0, 0.1) is 6.92 Å². The van der Waals surface area contributed by atoms with Crippen LogP contribution in [0.1, 0.15) is 38.8 Å². The van der Waals surface area contributed by atoms with Crippen LogP contribution in [0.5, 0.6) is 0 Å². The highest BCUT2D eigenvalue weighted by molar-refractivity contribution is 5.91. The monoisotopic (exact) mass is 260 g/mol. The maximum Gasteiger partial charge on any atom is 0.419 e. The van der Waals surface area contributed by atoms with Crippen molar-refractivity contribution in [2.24, 2.45) is 0 Å². The van der Waals surface area contributed by atoms with Gasteiger partial charge in [-0.2, -0.15) is 0 Å². The normalized spacial score (nSPS) is 11.8. The highest BCUT2D eigenvalue weighted by Gasteiger charge is 2.21. The highest BCUT2D eigenvalue weighted by atomic mass is 16.6. The van der Waals surface area contributed by atoms with Crippen LogP contribution in [0.2, 0.25) is 0 Å². The molecule has 0 aliphatic carbocycles.